The number of fused-ring (bicyclic) bond motifs is 1. The number of ether oxygens (including phenoxy) is 1. The fraction of sp³-hybridized carbons (Fsp3) is 0.900. The molecule has 3 nitrogen and oxygen atoms in total. The molecule has 0 amide bonds. The number of aliphatic hydroxyl groups excluding tert-OH is 1. The summed E-state index contributed by atoms with van der Waals surface area (Å²) in [5, 5.41) is 9.62. The van der Waals surface area contributed by atoms with Crippen molar-refractivity contribution in [3.8, 4) is 0 Å². The number of esters is 1. The van der Waals surface area contributed by atoms with Crippen LogP contribution in [0.5, 0.6) is 0 Å². The number of hydrogen-bond acceptors (Lipinski definition) is 3. The third-order valence-corrected chi connectivity index (χ3v) is 3.52. The molecular formula is C10H16O3. The Bertz CT molecular complexity index is 226. The topological polar surface area (TPSA) is 46.5 Å². The van der Waals surface area contributed by atoms with Crippen LogP contribution in [0.3, 0.4) is 0 Å². The van der Waals surface area contributed by atoms with Gasteiger partial charge in [0.15, 0.2) is 0 Å². The summed E-state index contributed by atoms with van der Waals surface area (Å²) >= 11 is 0. The van der Waals surface area contributed by atoms with Crippen molar-refractivity contribution in [3.05, 3.63) is 0 Å². The molecule has 0 spiro atoms. The summed E-state index contributed by atoms with van der Waals surface area (Å²) in [5.41, 5.74) is 0. The van der Waals surface area contributed by atoms with Crippen LogP contribution in [-0.4, -0.2) is 23.3 Å². The second-order valence-corrected chi connectivity index (χ2v) is 4.43. The standard InChI is InChI=1S/C10H16O3/c1-5-3-7-6(2)13-10(12)8(7)4-9(5)11/h5-9,11H,3-4H2,1-2H3. The average Bonchev–Trinajstić information content (AvgIpc) is 2.31. The van der Waals surface area contributed by atoms with E-state index < -0.39 is 0 Å². The molecule has 3 heteroatoms. The zero-order valence-corrected chi connectivity index (χ0v) is 8.06. The first-order valence-corrected chi connectivity index (χ1v) is 4.98. The van der Waals surface area contributed by atoms with Crippen molar-refractivity contribution in [2.75, 3.05) is 0 Å². The Kier molecular flexibility index (Phi) is 2.06. The lowest BCUT2D eigenvalue weighted by molar-refractivity contribution is -0.144. The van der Waals surface area contributed by atoms with Crippen LogP contribution in [0, 0.1) is 17.8 Å². The van der Waals surface area contributed by atoms with E-state index in [4.69, 9.17) is 4.74 Å². The molecule has 0 aromatic heterocycles. The summed E-state index contributed by atoms with van der Waals surface area (Å²) < 4.78 is 5.15. The molecule has 0 radical (unpaired) electrons. The van der Waals surface area contributed by atoms with Crippen LogP contribution < -0.4 is 0 Å². The van der Waals surface area contributed by atoms with Gasteiger partial charge in [-0.15, -0.1) is 0 Å². The molecule has 1 aliphatic heterocycles. The highest BCUT2D eigenvalue weighted by Gasteiger charge is 2.47. The fourth-order valence-electron chi connectivity index (χ4n) is 2.57. The van der Waals surface area contributed by atoms with Crippen molar-refractivity contribution in [2.45, 2.75) is 38.9 Å². The van der Waals surface area contributed by atoms with E-state index in [1.54, 1.807) is 0 Å². The molecule has 1 saturated heterocycles. The molecule has 13 heavy (non-hydrogen) atoms. The molecule has 2 aliphatic rings. The van der Waals surface area contributed by atoms with Gasteiger partial charge in [-0.2, -0.15) is 0 Å². The van der Waals surface area contributed by atoms with Crippen molar-refractivity contribution >= 4 is 5.97 Å². The second-order valence-electron chi connectivity index (χ2n) is 4.43. The molecule has 2 rings (SSSR count). The Balaban J connectivity index is 2.14. The molecule has 1 N–H and O–H groups in total. The van der Waals surface area contributed by atoms with Crippen molar-refractivity contribution in [1.29, 1.82) is 0 Å². The Morgan fingerprint density at radius 1 is 1.38 bits per heavy atom. The molecule has 5 unspecified atom stereocenters. The van der Waals surface area contributed by atoms with Gasteiger partial charge in [0.25, 0.3) is 0 Å². The lowest BCUT2D eigenvalue weighted by Gasteiger charge is -2.32. The highest BCUT2D eigenvalue weighted by atomic mass is 16.6. The van der Waals surface area contributed by atoms with Crippen molar-refractivity contribution in [2.24, 2.45) is 17.8 Å². The zero-order valence-electron chi connectivity index (χ0n) is 8.06. The van der Waals surface area contributed by atoms with Gasteiger partial charge in [0.1, 0.15) is 6.10 Å². The SMILES string of the molecule is CC1CC2C(C)OC(=O)C2CC1O. The molecule has 1 aliphatic carbocycles. The minimum Gasteiger partial charge on any atom is -0.462 e. The molecule has 0 aromatic rings. The van der Waals surface area contributed by atoms with Gasteiger partial charge in [0, 0.05) is 5.92 Å². The van der Waals surface area contributed by atoms with E-state index in [2.05, 4.69) is 0 Å². The summed E-state index contributed by atoms with van der Waals surface area (Å²) in [6.07, 6.45) is 1.24. The van der Waals surface area contributed by atoms with E-state index in [0.717, 1.165) is 6.42 Å². The van der Waals surface area contributed by atoms with Gasteiger partial charge in [-0.05, 0) is 25.7 Å². The number of aliphatic hydroxyl groups is 1. The predicted octanol–water partition coefficient (Wildman–Crippen LogP) is 0.955. The lowest BCUT2D eigenvalue weighted by atomic mass is 9.72. The maximum absolute atomic E-state index is 11.3. The van der Waals surface area contributed by atoms with Crippen molar-refractivity contribution in [1.82, 2.24) is 0 Å². The maximum atomic E-state index is 11.3. The second kappa shape index (κ2) is 2.98. The predicted molar refractivity (Wildman–Crippen MR) is 46.9 cm³/mol. The largest absolute Gasteiger partial charge is 0.462 e. The molecule has 74 valence electrons. The third-order valence-electron chi connectivity index (χ3n) is 3.52. The van der Waals surface area contributed by atoms with E-state index in [1.165, 1.54) is 0 Å². The van der Waals surface area contributed by atoms with Gasteiger partial charge in [-0.1, -0.05) is 6.92 Å². The fourth-order valence-corrected chi connectivity index (χ4v) is 2.57. The van der Waals surface area contributed by atoms with E-state index in [9.17, 15) is 9.90 Å². The Hall–Kier alpha value is -0.570. The Morgan fingerprint density at radius 3 is 2.77 bits per heavy atom. The van der Waals surface area contributed by atoms with Crippen LogP contribution in [0.25, 0.3) is 0 Å². The summed E-state index contributed by atoms with van der Waals surface area (Å²) in [4.78, 5) is 11.3. The van der Waals surface area contributed by atoms with E-state index in [1.807, 2.05) is 13.8 Å². The Labute approximate surface area is 78.1 Å². The summed E-state index contributed by atoms with van der Waals surface area (Å²) in [6, 6.07) is 0. The highest BCUT2D eigenvalue weighted by Crippen LogP contribution is 2.41. The summed E-state index contributed by atoms with van der Waals surface area (Å²) in [5.74, 6) is 0.494. The average molecular weight is 184 g/mol. The molecular weight excluding hydrogens is 168 g/mol. The smallest absolute Gasteiger partial charge is 0.309 e. The first-order chi connectivity index (χ1) is 6.09. The molecule has 5 atom stereocenters. The van der Waals surface area contributed by atoms with E-state index in [-0.39, 0.29) is 24.1 Å². The van der Waals surface area contributed by atoms with Crippen LogP contribution in [0.2, 0.25) is 0 Å². The monoisotopic (exact) mass is 184 g/mol. The zero-order chi connectivity index (χ0) is 9.59. The van der Waals surface area contributed by atoms with Gasteiger partial charge in [0.2, 0.25) is 0 Å². The minimum absolute atomic E-state index is 0.0406. The molecule has 0 bridgehead atoms. The Morgan fingerprint density at radius 2 is 2.08 bits per heavy atom. The van der Waals surface area contributed by atoms with Crippen LogP contribution in [0.4, 0.5) is 0 Å². The van der Waals surface area contributed by atoms with Crippen LogP contribution in [0.15, 0.2) is 0 Å². The van der Waals surface area contributed by atoms with Gasteiger partial charge >= 0.3 is 5.97 Å². The van der Waals surface area contributed by atoms with Gasteiger partial charge in [0.05, 0.1) is 12.0 Å². The number of rotatable bonds is 0. The van der Waals surface area contributed by atoms with Crippen LogP contribution in [0.1, 0.15) is 26.7 Å². The normalized spacial score (nSPS) is 50.1. The van der Waals surface area contributed by atoms with Crippen LogP contribution in [-0.2, 0) is 9.53 Å². The number of carbonyl (C=O) groups excluding carboxylic acids is 1. The van der Waals surface area contributed by atoms with E-state index in [0.29, 0.717) is 18.3 Å². The third kappa shape index (κ3) is 1.35. The van der Waals surface area contributed by atoms with Gasteiger partial charge < -0.3 is 9.84 Å². The minimum atomic E-state index is -0.320. The molecule has 2 fully saturated rings. The molecule has 0 aromatic carbocycles. The number of carbonyl (C=O) groups is 1. The van der Waals surface area contributed by atoms with Crippen LogP contribution >= 0.6 is 0 Å². The first-order valence-electron chi connectivity index (χ1n) is 4.98. The summed E-state index contributed by atoms with van der Waals surface area (Å²) in [7, 11) is 0. The van der Waals surface area contributed by atoms with Gasteiger partial charge in [-0.3, -0.25) is 4.79 Å². The lowest BCUT2D eigenvalue weighted by Crippen LogP contribution is -2.35. The first kappa shape index (κ1) is 9.00. The van der Waals surface area contributed by atoms with Crippen molar-refractivity contribution in [3.63, 3.8) is 0 Å². The number of cyclic esters (lactones) is 1. The van der Waals surface area contributed by atoms with Gasteiger partial charge in [-0.25, -0.2) is 0 Å². The summed E-state index contributed by atoms with van der Waals surface area (Å²) in [6.45, 7) is 3.99. The highest BCUT2D eigenvalue weighted by molar-refractivity contribution is 5.75. The van der Waals surface area contributed by atoms with Crippen molar-refractivity contribution < 1.29 is 14.6 Å². The molecule has 1 heterocycles. The maximum Gasteiger partial charge on any atom is 0.309 e. The number of hydrogen-bond donors (Lipinski definition) is 1. The van der Waals surface area contributed by atoms with E-state index >= 15 is 0 Å². The molecule has 1 saturated carbocycles. The quantitative estimate of drug-likeness (QED) is 0.570.